The number of hydrogen-bond donors (Lipinski definition) is 1. The fourth-order valence-corrected chi connectivity index (χ4v) is 4.07. The van der Waals surface area contributed by atoms with Gasteiger partial charge in [0.2, 0.25) is 11.0 Å². The lowest BCUT2D eigenvalue weighted by Gasteiger charge is -2.28. The van der Waals surface area contributed by atoms with E-state index in [1.54, 1.807) is 7.11 Å². The van der Waals surface area contributed by atoms with Crippen molar-refractivity contribution in [2.45, 2.75) is 32.7 Å². The van der Waals surface area contributed by atoms with E-state index in [1.807, 2.05) is 36.7 Å². The molecule has 142 valence electrons. The molecule has 1 aliphatic rings. The molecule has 0 aromatic carbocycles. The number of aryl methyl sites for hydroxylation is 2. The van der Waals surface area contributed by atoms with Gasteiger partial charge in [-0.2, -0.15) is 9.47 Å². The molecule has 1 amide bonds. The van der Waals surface area contributed by atoms with E-state index in [0.29, 0.717) is 26.1 Å². The molecule has 1 fully saturated rings. The number of methoxy groups -OCH3 is 1. The number of likely N-dealkylation sites (tertiary alicyclic amines) is 1. The van der Waals surface area contributed by atoms with Gasteiger partial charge in [0.1, 0.15) is 5.82 Å². The third-order valence-electron chi connectivity index (χ3n) is 4.97. The third kappa shape index (κ3) is 3.73. The minimum atomic E-state index is -0.00239. The Balaban J connectivity index is 1.79. The van der Waals surface area contributed by atoms with E-state index in [2.05, 4.69) is 19.8 Å². The second-order valence-corrected chi connectivity index (χ2v) is 7.30. The molecule has 0 radical (unpaired) electrons. The molecule has 8 nitrogen and oxygen atoms in total. The molecular weight excluding hydrogens is 352 g/mol. The Morgan fingerprint density at radius 2 is 2.27 bits per heavy atom. The van der Waals surface area contributed by atoms with Crippen molar-refractivity contribution in [3.8, 4) is 0 Å². The van der Waals surface area contributed by atoms with Gasteiger partial charge in [-0.1, -0.05) is 6.92 Å². The number of aromatic nitrogens is 4. The van der Waals surface area contributed by atoms with Gasteiger partial charge in [-0.25, -0.2) is 4.98 Å². The van der Waals surface area contributed by atoms with Gasteiger partial charge < -0.3 is 15.0 Å². The predicted octanol–water partition coefficient (Wildman–Crippen LogP) is 1.79. The minimum absolute atomic E-state index is 0.00239. The van der Waals surface area contributed by atoms with Crippen LogP contribution in [0.2, 0.25) is 0 Å². The summed E-state index contributed by atoms with van der Waals surface area (Å²) in [7, 11) is 3.58. The Labute approximate surface area is 157 Å². The summed E-state index contributed by atoms with van der Waals surface area (Å²) >= 11 is 1.37. The highest BCUT2D eigenvalue weighted by Crippen LogP contribution is 2.39. The summed E-state index contributed by atoms with van der Waals surface area (Å²) in [6.45, 7) is 5.87. The van der Waals surface area contributed by atoms with Crippen LogP contribution in [0.15, 0.2) is 6.20 Å². The van der Waals surface area contributed by atoms with Crippen LogP contribution in [-0.4, -0.2) is 56.8 Å². The number of ether oxygens (including phenoxy) is 1. The summed E-state index contributed by atoms with van der Waals surface area (Å²) in [5.74, 6) is 1.16. The molecule has 2 aromatic rings. The number of amides is 1. The van der Waals surface area contributed by atoms with E-state index in [4.69, 9.17) is 4.74 Å². The van der Waals surface area contributed by atoms with Crippen molar-refractivity contribution >= 4 is 22.6 Å². The standard InChI is InChI=1S/C17H26N6O2S/c1-5-14-20-17(26-21-14)18-9-12-8-15(24)23(6-7-25-4)16(12)13-10-19-22(3)11(13)2/h10,12,16H,5-9H2,1-4H3,(H,18,20,21)/t12-,16+/m0/s1. The first kappa shape index (κ1) is 18.8. The lowest BCUT2D eigenvalue weighted by Crippen LogP contribution is -2.33. The van der Waals surface area contributed by atoms with Crippen molar-refractivity contribution in [3.05, 3.63) is 23.3 Å². The summed E-state index contributed by atoms with van der Waals surface area (Å²) in [5, 5.41) is 8.56. The van der Waals surface area contributed by atoms with Gasteiger partial charge in [-0.05, 0) is 6.92 Å². The molecule has 1 saturated heterocycles. The van der Waals surface area contributed by atoms with Gasteiger partial charge in [-0.3, -0.25) is 9.48 Å². The van der Waals surface area contributed by atoms with Gasteiger partial charge in [0.25, 0.3) is 0 Å². The molecule has 0 bridgehead atoms. The van der Waals surface area contributed by atoms with Crippen LogP contribution in [0, 0.1) is 12.8 Å². The SMILES string of the molecule is CCc1nsc(NC[C@@H]2CC(=O)N(CCOC)[C@H]2c2cnn(C)c2C)n1. The third-order valence-corrected chi connectivity index (χ3v) is 5.68. The van der Waals surface area contributed by atoms with Crippen LogP contribution in [0.5, 0.6) is 0 Å². The lowest BCUT2D eigenvalue weighted by atomic mass is 9.94. The number of carbonyl (C=O) groups is 1. The molecule has 3 heterocycles. The molecule has 0 aliphatic carbocycles. The molecule has 1 N–H and O–H groups in total. The van der Waals surface area contributed by atoms with Gasteiger partial charge >= 0.3 is 0 Å². The van der Waals surface area contributed by atoms with Crippen LogP contribution in [0.1, 0.15) is 36.5 Å². The second-order valence-electron chi connectivity index (χ2n) is 6.55. The maximum atomic E-state index is 12.6. The van der Waals surface area contributed by atoms with Crippen molar-refractivity contribution in [1.29, 1.82) is 0 Å². The maximum absolute atomic E-state index is 12.6. The number of hydrogen-bond acceptors (Lipinski definition) is 7. The van der Waals surface area contributed by atoms with E-state index in [9.17, 15) is 4.79 Å². The highest BCUT2D eigenvalue weighted by molar-refractivity contribution is 7.09. The average Bonchev–Trinajstić information content (AvgIpc) is 3.31. The van der Waals surface area contributed by atoms with Gasteiger partial charge in [-0.15, -0.1) is 0 Å². The summed E-state index contributed by atoms with van der Waals surface area (Å²) in [6.07, 6.45) is 3.21. The van der Waals surface area contributed by atoms with Crippen LogP contribution in [0.25, 0.3) is 0 Å². The molecule has 0 saturated carbocycles. The van der Waals surface area contributed by atoms with Crippen LogP contribution in [0.4, 0.5) is 5.13 Å². The van der Waals surface area contributed by atoms with E-state index >= 15 is 0 Å². The fraction of sp³-hybridized carbons (Fsp3) is 0.647. The molecule has 0 unspecified atom stereocenters. The summed E-state index contributed by atoms with van der Waals surface area (Å²) in [4.78, 5) is 19.0. The summed E-state index contributed by atoms with van der Waals surface area (Å²) in [6, 6.07) is -0.00239. The Hall–Kier alpha value is -2.00. The van der Waals surface area contributed by atoms with E-state index in [-0.39, 0.29) is 17.9 Å². The fourth-order valence-electron chi connectivity index (χ4n) is 3.42. The van der Waals surface area contributed by atoms with Crippen molar-refractivity contribution in [1.82, 2.24) is 24.0 Å². The predicted molar refractivity (Wildman–Crippen MR) is 100 cm³/mol. The first-order chi connectivity index (χ1) is 12.5. The zero-order valence-electron chi connectivity index (χ0n) is 15.7. The molecule has 2 atom stereocenters. The van der Waals surface area contributed by atoms with E-state index in [1.165, 1.54) is 11.5 Å². The van der Waals surface area contributed by atoms with Crippen molar-refractivity contribution in [2.75, 3.05) is 32.1 Å². The first-order valence-electron chi connectivity index (χ1n) is 8.88. The Kier molecular flexibility index (Phi) is 5.87. The quantitative estimate of drug-likeness (QED) is 0.754. The molecule has 0 spiro atoms. The van der Waals surface area contributed by atoms with Gasteiger partial charge in [0.05, 0.1) is 18.8 Å². The second kappa shape index (κ2) is 8.13. The first-order valence-corrected chi connectivity index (χ1v) is 9.65. The average molecular weight is 379 g/mol. The van der Waals surface area contributed by atoms with E-state index < -0.39 is 0 Å². The molecule has 1 aliphatic heterocycles. The zero-order valence-corrected chi connectivity index (χ0v) is 16.5. The van der Waals surface area contributed by atoms with Crippen LogP contribution < -0.4 is 5.32 Å². The lowest BCUT2D eigenvalue weighted by molar-refractivity contribution is -0.129. The summed E-state index contributed by atoms with van der Waals surface area (Å²) in [5.41, 5.74) is 2.19. The van der Waals surface area contributed by atoms with Crippen molar-refractivity contribution < 1.29 is 9.53 Å². The number of carbonyl (C=O) groups excluding carboxylic acids is 1. The number of anilines is 1. The number of nitrogens with one attached hydrogen (secondary N) is 1. The zero-order chi connectivity index (χ0) is 18.7. The highest BCUT2D eigenvalue weighted by atomic mass is 32.1. The number of nitrogens with zero attached hydrogens (tertiary/aromatic N) is 5. The Morgan fingerprint density at radius 1 is 1.46 bits per heavy atom. The van der Waals surface area contributed by atoms with Crippen LogP contribution in [0.3, 0.4) is 0 Å². The monoisotopic (exact) mass is 378 g/mol. The largest absolute Gasteiger partial charge is 0.383 e. The van der Waals surface area contributed by atoms with Crippen LogP contribution >= 0.6 is 11.5 Å². The van der Waals surface area contributed by atoms with Crippen LogP contribution in [-0.2, 0) is 23.0 Å². The molecular formula is C17H26N6O2S. The normalized spacial score (nSPS) is 20.2. The highest BCUT2D eigenvalue weighted by Gasteiger charge is 2.41. The molecule has 9 heteroatoms. The van der Waals surface area contributed by atoms with E-state index in [0.717, 1.165) is 28.6 Å². The molecule has 2 aromatic heterocycles. The number of rotatable bonds is 8. The van der Waals surface area contributed by atoms with Gasteiger partial charge in [0.15, 0.2) is 0 Å². The minimum Gasteiger partial charge on any atom is -0.383 e. The van der Waals surface area contributed by atoms with Gasteiger partial charge in [0, 0.05) is 68.8 Å². The smallest absolute Gasteiger partial charge is 0.223 e. The Morgan fingerprint density at radius 3 is 2.88 bits per heavy atom. The summed E-state index contributed by atoms with van der Waals surface area (Å²) < 4.78 is 11.4. The molecule has 26 heavy (non-hydrogen) atoms. The molecule has 3 rings (SSSR count). The maximum Gasteiger partial charge on any atom is 0.223 e. The Bertz CT molecular complexity index is 758. The van der Waals surface area contributed by atoms with Crippen molar-refractivity contribution in [3.63, 3.8) is 0 Å². The topological polar surface area (TPSA) is 85.2 Å². The van der Waals surface area contributed by atoms with Crippen molar-refractivity contribution in [2.24, 2.45) is 13.0 Å².